The van der Waals surface area contributed by atoms with Gasteiger partial charge in [0.25, 0.3) is 11.1 Å². The fourth-order valence-corrected chi connectivity index (χ4v) is 3.31. The Hall–Kier alpha value is -3.58. The van der Waals surface area contributed by atoms with E-state index in [0.717, 1.165) is 22.4 Å². The summed E-state index contributed by atoms with van der Waals surface area (Å²) < 4.78 is 11.4. The quantitative estimate of drug-likeness (QED) is 0.257. The summed E-state index contributed by atoms with van der Waals surface area (Å²) in [6.07, 6.45) is 1.58. The topological polar surface area (TPSA) is 76.7 Å². The Morgan fingerprint density at radius 3 is 2.77 bits per heavy atom. The van der Waals surface area contributed by atoms with Crippen molar-refractivity contribution in [3.05, 3.63) is 90.0 Å². The van der Waals surface area contributed by atoms with Crippen LogP contribution < -0.4 is 10.2 Å². The van der Waals surface area contributed by atoms with E-state index in [9.17, 15) is 4.79 Å². The number of hydrogen-bond acceptors (Lipinski definition) is 6. The Morgan fingerprint density at radius 2 is 1.90 bits per heavy atom. The summed E-state index contributed by atoms with van der Waals surface area (Å²) in [5.41, 5.74) is 5.91. The number of thioether (sulfide) groups is 1. The van der Waals surface area contributed by atoms with Crippen molar-refractivity contribution in [2.24, 2.45) is 5.10 Å². The highest BCUT2D eigenvalue weighted by Gasteiger charge is 2.08. The average molecular weight is 417 g/mol. The lowest BCUT2D eigenvalue weighted by Crippen LogP contribution is -2.19. The molecule has 0 unspecified atom stereocenters. The lowest BCUT2D eigenvalue weighted by molar-refractivity contribution is -0.118. The maximum absolute atomic E-state index is 12.0. The third kappa shape index (κ3) is 5.48. The van der Waals surface area contributed by atoms with E-state index in [1.54, 1.807) is 6.21 Å². The smallest absolute Gasteiger partial charge is 0.257 e. The Bertz CT molecular complexity index is 1130. The van der Waals surface area contributed by atoms with Crippen LogP contribution in [0.3, 0.4) is 0 Å². The minimum atomic E-state index is -0.241. The molecule has 6 nitrogen and oxygen atoms in total. The summed E-state index contributed by atoms with van der Waals surface area (Å²) >= 11 is 1.22. The van der Waals surface area contributed by atoms with Gasteiger partial charge in [0.2, 0.25) is 0 Å². The van der Waals surface area contributed by atoms with Crippen LogP contribution in [0.4, 0.5) is 0 Å². The summed E-state index contributed by atoms with van der Waals surface area (Å²) in [4.78, 5) is 16.3. The molecule has 0 saturated carbocycles. The normalized spacial score (nSPS) is 11.1. The summed E-state index contributed by atoms with van der Waals surface area (Å²) in [6, 6.07) is 25.0. The number of oxazole rings is 1. The number of fused-ring (bicyclic) bond motifs is 1. The molecule has 1 heterocycles. The Kier molecular flexibility index (Phi) is 6.41. The Labute approximate surface area is 178 Å². The maximum Gasteiger partial charge on any atom is 0.257 e. The molecule has 0 bridgehead atoms. The molecule has 4 aromatic rings. The molecule has 1 amide bonds. The van der Waals surface area contributed by atoms with Crippen molar-refractivity contribution in [3.8, 4) is 5.75 Å². The van der Waals surface area contributed by atoms with Gasteiger partial charge in [0.05, 0.1) is 12.0 Å². The van der Waals surface area contributed by atoms with Crippen LogP contribution in [0.15, 0.2) is 93.6 Å². The third-order valence-corrected chi connectivity index (χ3v) is 4.94. The number of nitrogens with zero attached hydrogens (tertiary/aromatic N) is 2. The molecule has 1 N–H and O–H groups in total. The first-order chi connectivity index (χ1) is 14.8. The van der Waals surface area contributed by atoms with E-state index in [4.69, 9.17) is 9.15 Å². The number of ether oxygens (including phenoxy) is 1. The molecule has 0 aliphatic carbocycles. The molecule has 4 rings (SSSR count). The van der Waals surface area contributed by atoms with E-state index >= 15 is 0 Å². The standard InChI is InChI=1S/C23H19N3O3S/c27-22(16-30-23-25-20-11-4-5-12-21(20)29-23)26-24-14-18-9-6-10-19(13-18)28-15-17-7-2-1-3-8-17/h1-14H,15-16H2,(H,26,27)/b24-14+. The van der Waals surface area contributed by atoms with Crippen molar-refractivity contribution >= 4 is 35.0 Å². The SMILES string of the molecule is O=C(CSc1nc2ccccc2o1)N/N=C/c1cccc(OCc2ccccc2)c1. The van der Waals surface area contributed by atoms with Gasteiger partial charge in [0.1, 0.15) is 17.9 Å². The first-order valence-electron chi connectivity index (χ1n) is 9.33. The number of para-hydroxylation sites is 2. The van der Waals surface area contributed by atoms with Crippen molar-refractivity contribution in [1.82, 2.24) is 10.4 Å². The second-order valence-corrected chi connectivity index (χ2v) is 7.30. The van der Waals surface area contributed by atoms with E-state index in [1.807, 2.05) is 78.9 Å². The molecule has 1 aromatic heterocycles. The van der Waals surface area contributed by atoms with E-state index < -0.39 is 0 Å². The third-order valence-electron chi connectivity index (χ3n) is 4.11. The molecule has 0 fully saturated rings. The second-order valence-electron chi connectivity index (χ2n) is 6.38. The molecule has 150 valence electrons. The van der Waals surface area contributed by atoms with Crippen molar-refractivity contribution < 1.29 is 13.9 Å². The van der Waals surface area contributed by atoms with Gasteiger partial charge in [0, 0.05) is 0 Å². The molecule has 7 heteroatoms. The van der Waals surface area contributed by atoms with Crippen LogP contribution in [0.5, 0.6) is 5.75 Å². The highest BCUT2D eigenvalue weighted by atomic mass is 32.2. The highest BCUT2D eigenvalue weighted by molar-refractivity contribution is 7.99. The fraction of sp³-hybridized carbons (Fsp3) is 0.0870. The lowest BCUT2D eigenvalue weighted by atomic mass is 10.2. The molecule has 0 aliphatic rings. The number of benzene rings is 3. The van der Waals surface area contributed by atoms with E-state index in [2.05, 4.69) is 15.5 Å². The highest BCUT2D eigenvalue weighted by Crippen LogP contribution is 2.22. The van der Waals surface area contributed by atoms with Crippen LogP contribution in [0.2, 0.25) is 0 Å². The average Bonchev–Trinajstić information content (AvgIpc) is 3.20. The Morgan fingerprint density at radius 1 is 1.07 bits per heavy atom. The predicted molar refractivity (Wildman–Crippen MR) is 118 cm³/mol. The number of carbonyl (C=O) groups excluding carboxylic acids is 1. The van der Waals surface area contributed by atoms with Gasteiger partial charge in [-0.15, -0.1) is 0 Å². The van der Waals surface area contributed by atoms with Gasteiger partial charge in [-0.05, 0) is 35.4 Å². The van der Waals surface area contributed by atoms with Gasteiger partial charge < -0.3 is 9.15 Å². The van der Waals surface area contributed by atoms with Gasteiger partial charge in [0.15, 0.2) is 5.58 Å². The molecular weight excluding hydrogens is 398 g/mol. The monoisotopic (exact) mass is 417 g/mol. The van der Waals surface area contributed by atoms with Crippen molar-refractivity contribution in [2.75, 3.05) is 5.75 Å². The van der Waals surface area contributed by atoms with Crippen LogP contribution in [-0.2, 0) is 11.4 Å². The molecule has 30 heavy (non-hydrogen) atoms. The number of nitrogens with one attached hydrogen (secondary N) is 1. The minimum Gasteiger partial charge on any atom is -0.489 e. The van der Waals surface area contributed by atoms with Gasteiger partial charge >= 0.3 is 0 Å². The lowest BCUT2D eigenvalue weighted by Gasteiger charge is -2.06. The minimum absolute atomic E-state index is 0.157. The number of aromatic nitrogens is 1. The largest absolute Gasteiger partial charge is 0.489 e. The number of hydrogen-bond donors (Lipinski definition) is 1. The summed E-state index contributed by atoms with van der Waals surface area (Å²) in [7, 11) is 0. The van der Waals surface area contributed by atoms with Gasteiger partial charge in [-0.2, -0.15) is 5.10 Å². The Balaban J connectivity index is 1.25. The first kappa shape index (κ1) is 19.7. The van der Waals surface area contributed by atoms with Crippen LogP contribution in [0.1, 0.15) is 11.1 Å². The number of amides is 1. The zero-order valence-corrected chi connectivity index (χ0v) is 16.8. The maximum atomic E-state index is 12.0. The molecule has 0 saturated heterocycles. The zero-order chi connectivity index (χ0) is 20.6. The van der Waals surface area contributed by atoms with Gasteiger partial charge in [-0.25, -0.2) is 10.4 Å². The molecule has 0 spiro atoms. The summed E-state index contributed by atoms with van der Waals surface area (Å²) in [5.74, 6) is 0.653. The van der Waals surface area contributed by atoms with Crippen molar-refractivity contribution in [3.63, 3.8) is 0 Å². The van der Waals surface area contributed by atoms with Gasteiger partial charge in [-0.3, -0.25) is 4.79 Å². The molecule has 0 aliphatic heterocycles. The second kappa shape index (κ2) is 9.76. The zero-order valence-electron chi connectivity index (χ0n) is 16.0. The van der Waals surface area contributed by atoms with Crippen molar-refractivity contribution in [2.45, 2.75) is 11.8 Å². The molecule has 0 atom stereocenters. The summed E-state index contributed by atoms with van der Waals surface area (Å²) in [6.45, 7) is 0.491. The van der Waals surface area contributed by atoms with Crippen LogP contribution >= 0.6 is 11.8 Å². The number of carbonyl (C=O) groups is 1. The van der Waals surface area contributed by atoms with E-state index in [0.29, 0.717) is 17.4 Å². The fourth-order valence-electron chi connectivity index (χ4n) is 2.68. The summed E-state index contributed by atoms with van der Waals surface area (Å²) in [5, 5.41) is 4.47. The number of hydrazone groups is 1. The molecule has 3 aromatic carbocycles. The molecule has 0 radical (unpaired) electrons. The first-order valence-corrected chi connectivity index (χ1v) is 10.3. The van der Waals surface area contributed by atoms with E-state index in [1.165, 1.54) is 11.8 Å². The predicted octanol–water partition coefficient (Wildman–Crippen LogP) is 4.65. The van der Waals surface area contributed by atoms with Gasteiger partial charge in [-0.1, -0.05) is 66.4 Å². The van der Waals surface area contributed by atoms with E-state index in [-0.39, 0.29) is 11.7 Å². The van der Waals surface area contributed by atoms with Crippen LogP contribution in [0.25, 0.3) is 11.1 Å². The van der Waals surface area contributed by atoms with Crippen LogP contribution in [-0.4, -0.2) is 22.9 Å². The van der Waals surface area contributed by atoms with Crippen LogP contribution in [0, 0.1) is 0 Å². The van der Waals surface area contributed by atoms with Crippen molar-refractivity contribution in [1.29, 1.82) is 0 Å². The molecular formula is C23H19N3O3S. The number of rotatable bonds is 8.